The summed E-state index contributed by atoms with van der Waals surface area (Å²) in [7, 11) is -2.07. The van der Waals surface area contributed by atoms with Crippen LogP contribution in [0.25, 0.3) is 0 Å². The Morgan fingerprint density at radius 1 is 1.04 bits per heavy atom. The lowest BCUT2D eigenvalue weighted by molar-refractivity contribution is -0.384. The first-order chi connectivity index (χ1) is 10.8. The van der Waals surface area contributed by atoms with Gasteiger partial charge in [-0.1, -0.05) is 30.3 Å². The molecule has 1 unspecified atom stereocenters. The highest BCUT2D eigenvalue weighted by Crippen LogP contribution is 2.36. The molecule has 0 aromatic heterocycles. The topological polar surface area (TPSA) is 76.2 Å². The van der Waals surface area contributed by atoms with Gasteiger partial charge in [0.1, 0.15) is 6.07 Å². The Labute approximate surface area is 136 Å². The smallest absolute Gasteiger partial charge is 0.269 e. The molecule has 0 aliphatic heterocycles. The van der Waals surface area contributed by atoms with E-state index in [2.05, 4.69) is 6.07 Å². The second kappa shape index (κ2) is 6.32. The van der Waals surface area contributed by atoms with Gasteiger partial charge in [-0.3, -0.25) is 10.1 Å². The molecule has 0 amide bonds. The van der Waals surface area contributed by atoms with Crippen LogP contribution in [0.4, 0.5) is 5.69 Å². The zero-order valence-electron chi connectivity index (χ0n) is 13.3. The van der Waals surface area contributed by atoms with Gasteiger partial charge < -0.3 is 4.43 Å². The van der Waals surface area contributed by atoms with Crippen molar-refractivity contribution in [3.05, 3.63) is 75.8 Å². The van der Waals surface area contributed by atoms with E-state index in [4.69, 9.17) is 4.43 Å². The largest absolute Gasteiger partial charge is 0.393 e. The minimum atomic E-state index is -2.07. The summed E-state index contributed by atoms with van der Waals surface area (Å²) in [6, 6.07) is 17.5. The summed E-state index contributed by atoms with van der Waals surface area (Å²) in [5.41, 5.74) is 0.0422. The van der Waals surface area contributed by atoms with E-state index < -0.39 is 18.8 Å². The number of rotatable bonds is 5. The normalized spacial score (nSPS) is 13.8. The molecule has 2 aromatic carbocycles. The van der Waals surface area contributed by atoms with Crippen molar-refractivity contribution >= 4 is 14.0 Å². The number of non-ortho nitro benzene ring substituents is 1. The summed E-state index contributed by atoms with van der Waals surface area (Å²) in [6.07, 6.45) is 0. The maximum Gasteiger partial charge on any atom is 0.269 e. The highest BCUT2D eigenvalue weighted by atomic mass is 28.4. The third kappa shape index (κ3) is 3.64. The van der Waals surface area contributed by atoms with Gasteiger partial charge in [-0.15, -0.1) is 0 Å². The highest BCUT2D eigenvalue weighted by molar-refractivity contribution is 6.69. The van der Waals surface area contributed by atoms with Crippen LogP contribution < -0.4 is 0 Å². The Morgan fingerprint density at radius 2 is 1.57 bits per heavy atom. The van der Waals surface area contributed by atoms with Crippen LogP contribution >= 0.6 is 0 Å². The first kappa shape index (κ1) is 16.9. The zero-order valence-corrected chi connectivity index (χ0v) is 14.3. The number of benzene rings is 2. The molecule has 0 saturated heterocycles. The number of hydrogen-bond donors (Lipinski definition) is 0. The van der Waals surface area contributed by atoms with Crippen molar-refractivity contribution in [2.45, 2.75) is 25.2 Å². The SMILES string of the molecule is C[Si](C)(C)OC(C#N)(c1ccccc1)c1ccc([N+](=O)[O-])cc1. The third-order valence-electron chi connectivity index (χ3n) is 3.28. The minimum Gasteiger partial charge on any atom is -0.393 e. The van der Waals surface area contributed by atoms with Crippen LogP contribution in [0.1, 0.15) is 11.1 Å². The summed E-state index contributed by atoms with van der Waals surface area (Å²) < 4.78 is 6.25. The summed E-state index contributed by atoms with van der Waals surface area (Å²) >= 11 is 0. The molecular formula is C17H18N2O3Si. The fraction of sp³-hybridized carbons (Fsp3) is 0.235. The molecular weight excluding hydrogens is 308 g/mol. The van der Waals surface area contributed by atoms with Gasteiger partial charge in [0.25, 0.3) is 5.69 Å². The van der Waals surface area contributed by atoms with Gasteiger partial charge in [-0.2, -0.15) is 5.26 Å². The van der Waals surface area contributed by atoms with Crippen LogP contribution in [0.2, 0.25) is 19.6 Å². The van der Waals surface area contributed by atoms with E-state index >= 15 is 0 Å². The fourth-order valence-electron chi connectivity index (χ4n) is 2.39. The first-order valence-electron chi connectivity index (χ1n) is 7.20. The predicted molar refractivity (Wildman–Crippen MR) is 90.4 cm³/mol. The molecule has 0 aliphatic carbocycles. The molecule has 5 nitrogen and oxygen atoms in total. The Balaban J connectivity index is 2.62. The van der Waals surface area contributed by atoms with E-state index in [0.29, 0.717) is 5.56 Å². The molecule has 0 heterocycles. The molecule has 0 spiro atoms. The number of nitro benzene ring substituents is 1. The Hall–Kier alpha value is -2.49. The van der Waals surface area contributed by atoms with E-state index in [1.54, 1.807) is 12.1 Å². The lowest BCUT2D eigenvalue weighted by Crippen LogP contribution is -2.40. The first-order valence-corrected chi connectivity index (χ1v) is 10.6. The minimum absolute atomic E-state index is 0.0124. The number of nitro groups is 1. The highest BCUT2D eigenvalue weighted by Gasteiger charge is 2.40. The van der Waals surface area contributed by atoms with Gasteiger partial charge in [0, 0.05) is 23.3 Å². The van der Waals surface area contributed by atoms with E-state index in [9.17, 15) is 15.4 Å². The van der Waals surface area contributed by atoms with Crippen molar-refractivity contribution in [1.29, 1.82) is 5.26 Å². The van der Waals surface area contributed by atoms with E-state index in [1.807, 2.05) is 50.0 Å². The quantitative estimate of drug-likeness (QED) is 0.468. The lowest BCUT2D eigenvalue weighted by atomic mass is 9.87. The van der Waals surface area contributed by atoms with Gasteiger partial charge in [-0.05, 0) is 31.8 Å². The number of nitriles is 1. The average Bonchev–Trinajstić information content (AvgIpc) is 2.52. The number of nitrogens with zero attached hydrogens (tertiary/aromatic N) is 2. The monoisotopic (exact) mass is 326 g/mol. The Morgan fingerprint density at radius 3 is 2.00 bits per heavy atom. The van der Waals surface area contributed by atoms with Gasteiger partial charge in [0.05, 0.1) is 4.92 Å². The van der Waals surface area contributed by atoms with Crippen molar-refractivity contribution in [2.75, 3.05) is 0 Å². The Kier molecular flexibility index (Phi) is 4.64. The molecule has 118 valence electrons. The number of hydrogen-bond acceptors (Lipinski definition) is 4. The molecule has 6 heteroatoms. The van der Waals surface area contributed by atoms with Gasteiger partial charge in [0.15, 0.2) is 13.9 Å². The molecule has 0 aliphatic rings. The fourth-order valence-corrected chi connectivity index (χ4v) is 3.59. The standard InChI is InChI=1S/C17H18N2O3Si/c1-23(2,3)22-17(13-18,14-7-5-4-6-8-14)15-9-11-16(12-10-15)19(20)21/h4-12H,1-3H3. The van der Waals surface area contributed by atoms with Gasteiger partial charge in [-0.25, -0.2) is 0 Å². The molecule has 0 fully saturated rings. The Bertz CT molecular complexity index is 733. The lowest BCUT2D eigenvalue weighted by Gasteiger charge is -2.34. The van der Waals surface area contributed by atoms with E-state index in [1.165, 1.54) is 12.1 Å². The van der Waals surface area contributed by atoms with E-state index in [-0.39, 0.29) is 5.69 Å². The second-order valence-corrected chi connectivity index (χ2v) is 10.6. The van der Waals surface area contributed by atoms with Gasteiger partial charge >= 0.3 is 0 Å². The molecule has 1 atom stereocenters. The van der Waals surface area contributed by atoms with Crippen molar-refractivity contribution in [3.63, 3.8) is 0 Å². The van der Waals surface area contributed by atoms with E-state index in [0.717, 1.165) is 5.56 Å². The maximum absolute atomic E-state index is 10.8. The second-order valence-electron chi connectivity index (χ2n) is 6.18. The van der Waals surface area contributed by atoms with Crippen LogP contribution in [-0.4, -0.2) is 13.2 Å². The third-order valence-corrected chi connectivity index (χ3v) is 4.20. The molecule has 0 radical (unpaired) electrons. The van der Waals surface area contributed by atoms with Crippen molar-refractivity contribution in [1.82, 2.24) is 0 Å². The molecule has 23 heavy (non-hydrogen) atoms. The summed E-state index contributed by atoms with van der Waals surface area (Å²) in [5.74, 6) is 0. The van der Waals surface area contributed by atoms with Crippen LogP contribution in [0.15, 0.2) is 54.6 Å². The predicted octanol–water partition coefficient (Wildman–Crippen LogP) is 4.21. The van der Waals surface area contributed by atoms with Crippen LogP contribution in [0.3, 0.4) is 0 Å². The molecule has 0 saturated carbocycles. The summed E-state index contributed by atoms with van der Waals surface area (Å²) in [6.45, 7) is 6.02. The summed E-state index contributed by atoms with van der Waals surface area (Å²) in [5, 5.41) is 20.8. The zero-order chi connectivity index (χ0) is 17.1. The van der Waals surface area contributed by atoms with Crippen LogP contribution in [0, 0.1) is 21.4 Å². The molecule has 0 N–H and O–H groups in total. The molecule has 0 bridgehead atoms. The molecule has 2 rings (SSSR count). The average molecular weight is 326 g/mol. The molecule has 2 aromatic rings. The van der Waals surface area contributed by atoms with Crippen molar-refractivity contribution < 1.29 is 9.35 Å². The maximum atomic E-state index is 10.8. The van der Waals surface area contributed by atoms with Crippen LogP contribution in [0.5, 0.6) is 0 Å². The van der Waals surface area contributed by atoms with Crippen molar-refractivity contribution in [2.24, 2.45) is 0 Å². The van der Waals surface area contributed by atoms with Gasteiger partial charge in [0.2, 0.25) is 0 Å². The van der Waals surface area contributed by atoms with Crippen LogP contribution in [-0.2, 0) is 10.0 Å². The van der Waals surface area contributed by atoms with Crippen molar-refractivity contribution in [3.8, 4) is 6.07 Å². The summed E-state index contributed by atoms with van der Waals surface area (Å²) in [4.78, 5) is 10.4.